The molecule has 6 heteroatoms. The molecule has 0 saturated carbocycles. The van der Waals surface area contributed by atoms with E-state index in [1.807, 2.05) is 31.2 Å². The van der Waals surface area contributed by atoms with E-state index >= 15 is 0 Å². The first kappa shape index (κ1) is 18.8. The van der Waals surface area contributed by atoms with Crippen molar-refractivity contribution in [2.75, 3.05) is 25.7 Å². The Hall–Kier alpha value is -3.02. The molecule has 1 aliphatic rings. The minimum absolute atomic E-state index is 0.0846. The number of methoxy groups -OCH3 is 2. The molecule has 0 bridgehead atoms. The van der Waals surface area contributed by atoms with E-state index in [-0.39, 0.29) is 29.9 Å². The number of esters is 1. The number of ether oxygens (including phenoxy) is 3. The smallest absolute Gasteiger partial charge is 0.341 e. The average molecular weight is 369 g/mol. The predicted molar refractivity (Wildman–Crippen MR) is 102 cm³/mol. The van der Waals surface area contributed by atoms with Crippen LogP contribution in [0.25, 0.3) is 0 Å². The number of hydrogen-bond donors (Lipinski definition) is 0. The molecule has 0 spiro atoms. The molecule has 0 radical (unpaired) electrons. The van der Waals surface area contributed by atoms with E-state index in [0.29, 0.717) is 5.75 Å². The third-order valence-electron chi connectivity index (χ3n) is 4.74. The van der Waals surface area contributed by atoms with Crippen LogP contribution in [-0.2, 0) is 16.0 Å². The van der Waals surface area contributed by atoms with E-state index in [1.165, 1.54) is 14.2 Å². The molecule has 142 valence electrons. The number of carbonyl (C=O) groups excluding carboxylic acids is 2. The van der Waals surface area contributed by atoms with Crippen molar-refractivity contribution < 1.29 is 23.8 Å². The van der Waals surface area contributed by atoms with Gasteiger partial charge < -0.3 is 19.1 Å². The molecule has 1 aliphatic heterocycles. The monoisotopic (exact) mass is 369 g/mol. The number of aryl methyl sites for hydroxylation is 1. The van der Waals surface area contributed by atoms with Gasteiger partial charge in [0.25, 0.3) is 5.91 Å². The molecule has 2 aromatic carbocycles. The highest BCUT2D eigenvalue weighted by Gasteiger charge is 2.28. The summed E-state index contributed by atoms with van der Waals surface area (Å²) in [6, 6.07) is 12.8. The topological polar surface area (TPSA) is 65.1 Å². The summed E-state index contributed by atoms with van der Waals surface area (Å²) in [6.45, 7) is 1.84. The molecule has 0 saturated heterocycles. The van der Waals surface area contributed by atoms with Crippen LogP contribution in [0.15, 0.2) is 42.5 Å². The van der Waals surface area contributed by atoms with E-state index in [4.69, 9.17) is 14.2 Å². The Morgan fingerprint density at radius 2 is 1.93 bits per heavy atom. The average Bonchev–Trinajstić information content (AvgIpc) is 2.71. The van der Waals surface area contributed by atoms with Gasteiger partial charge in [0.2, 0.25) is 0 Å². The fourth-order valence-corrected chi connectivity index (χ4v) is 3.31. The van der Waals surface area contributed by atoms with Crippen molar-refractivity contribution in [1.82, 2.24) is 0 Å². The van der Waals surface area contributed by atoms with E-state index in [9.17, 15) is 9.59 Å². The Labute approximate surface area is 158 Å². The molecule has 1 unspecified atom stereocenters. The summed E-state index contributed by atoms with van der Waals surface area (Å²) >= 11 is 0. The minimum atomic E-state index is -0.531. The van der Waals surface area contributed by atoms with Crippen LogP contribution in [0.2, 0.25) is 0 Å². The lowest BCUT2D eigenvalue weighted by Crippen LogP contribution is -2.44. The van der Waals surface area contributed by atoms with Gasteiger partial charge in [0.05, 0.1) is 14.2 Å². The Bertz CT molecular complexity index is 848. The number of nitrogens with zero attached hydrogens (tertiary/aromatic N) is 1. The van der Waals surface area contributed by atoms with Crippen LogP contribution < -0.4 is 14.4 Å². The Balaban J connectivity index is 1.81. The lowest BCUT2D eigenvalue weighted by Gasteiger charge is -2.35. The first-order valence-electron chi connectivity index (χ1n) is 8.84. The molecule has 2 aromatic rings. The molecule has 1 heterocycles. The number of benzene rings is 2. The van der Waals surface area contributed by atoms with Gasteiger partial charge in [-0.15, -0.1) is 0 Å². The number of hydrogen-bond acceptors (Lipinski definition) is 5. The van der Waals surface area contributed by atoms with E-state index < -0.39 is 5.97 Å². The van der Waals surface area contributed by atoms with E-state index in [1.54, 1.807) is 23.1 Å². The van der Waals surface area contributed by atoms with Gasteiger partial charge in [-0.2, -0.15) is 0 Å². The first-order valence-corrected chi connectivity index (χ1v) is 8.84. The van der Waals surface area contributed by atoms with Crippen LogP contribution in [0, 0.1) is 0 Å². The van der Waals surface area contributed by atoms with Crippen molar-refractivity contribution in [1.29, 1.82) is 0 Å². The van der Waals surface area contributed by atoms with Crippen LogP contribution in [-0.4, -0.2) is 38.7 Å². The quantitative estimate of drug-likeness (QED) is 0.757. The zero-order valence-electron chi connectivity index (χ0n) is 15.7. The third-order valence-corrected chi connectivity index (χ3v) is 4.74. The summed E-state index contributed by atoms with van der Waals surface area (Å²) in [4.78, 5) is 26.6. The highest BCUT2D eigenvalue weighted by molar-refractivity contribution is 5.97. The molecule has 0 aliphatic carbocycles. The molecule has 27 heavy (non-hydrogen) atoms. The van der Waals surface area contributed by atoms with Crippen molar-refractivity contribution in [3.05, 3.63) is 53.6 Å². The SMILES string of the molecule is COC(=O)c1ccc(OC)cc1OCC(=O)N1c2ccccc2CCC1C. The zero-order valence-corrected chi connectivity index (χ0v) is 15.7. The largest absolute Gasteiger partial charge is 0.497 e. The maximum Gasteiger partial charge on any atom is 0.341 e. The fraction of sp³-hybridized carbons (Fsp3) is 0.333. The van der Waals surface area contributed by atoms with Crippen LogP contribution in [0.4, 0.5) is 5.69 Å². The summed E-state index contributed by atoms with van der Waals surface area (Å²) in [5.41, 5.74) is 2.32. The predicted octanol–water partition coefficient (Wildman–Crippen LogP) is 3.23. The van der Waals surface area contributed by atoms with Crippen molar-refractivity contribution >= 4 is 17.6 Å². The molecule has 6 nitrogen and oxygen atoms in total. The molecular weight excluding hydrogens is 346 g/mol. The zero-order chi connectivity index (χ0) is 19.4. The summed E-state index contributed by atoms with van der Waals surface area (Å²) in [6.07, 6.45) is 1.85. The maximum atomic E-state index is 12.9. The molecule has 1 atom stereocenters. The minimum Gasteiger partial charge on any atom is -0.497 e. The van der Waals surface area contributed by atoms with Gasteiger partial charge in [-0.3, -0.25) is 4.79 Å². The second kappa shape index (κ2) is 8.12. The number of rotatable bonds is 5. The summed E-state index contributed by atoms with van der Waals surface area (Å²) < 4.78 is 15.7. The summed E-state index contributed by atoms with van der Waals surface area (Å²) in [5, 5.41) is 0. The van der Waals surface area contributed by atoms with Crippen molar-refractivity contribution in [2.24, 2.45) is 0 Å². The molecule has 0 fully saturated rings. The van der Waals surface area contributed by atoms with Crippen LogP contribution in [0.1, 0.15) is 29.3 Å². The van der Waals surface area contributed by atoms with Gasteiger partial charge >= 0.3 is 5.97 Å². The Morgan fingerprint density at radius 3 is 2.67 bits per heavy atom. The Morgan fingerprint density at radius 1 is 1.15 bits per heavy atom. The molecule has 1 amide bonds. The molecule has 3 rings (SSSR count). The van der Waals surface area contributed by atoms with Crippen LogP contribution in [0.3, 0.4) is 0 Å². The van der Waals surface area contributed by atoms with Crippen LogP contribution in [0.5, 0.6) is 11.5 Å². The number of anilines is 1. The van der Waals surface area contributed by atoms with Gasteiger partial charge in [-0.25, -0.2) is 4.79 Å². The highest BCUT2D eigenvalue weighted by atomic mass is 16.5. The second-order valence-corrected chi connectivity index (χ2v) is 6.42. The second-order valence-electron chi connectivity index (χ2n) is 6.42. The lowest BCUT2D eigenvalue weighted by molar-refractivity contribution is -0.121. The van der Waals surface area contributed by atoms with Crippen molar-refractivity contribution in [2.45, 2.75) is 25.8 Å². The number of amides is 1. The van der Waals surface area contributed by atoms with Gasteiger partial charge in [0, 0.05) is 17.8 Å². The standard InChI is InChI=1S/C21H23NO5/c1-14-8-9-15-6-4-5-7-18(15)22(14)20(23)13-27-19-12-16(25-2)10-11-17(19)21(24)26-3/h4-7,10-12,14H,8-9,13H2,1-3H3. The number of fused-ring (bicyclic) bond motifs is 1. The van der Waals surface area contributed by atoms with Gasteiger partial charge in [0.1, 0.15) is 17.1 Å². The normalized spacial score (nSPS) is 15.7. The summed E-state index contributed by atoms with van der Waals surface area (Å²) in [5.74, 6) is 0.0966. The molecular formula is C21H23NO5. The number of para-hydroxylation sites is 1. The van der Waals surface area contributed by atoms with Gasteiger partial charge in [-0.1, -0.05) is 18.2 Å². The van der Waals surface area contributed by atoms with Gasteiger partial charge in [-0.05, 0) is 43.5 Å². The fourth-order valence-electron chi connectivity index (χ4n) is 3.31. The Kier molecular flexibility index (Phi) is 5.64. The molecule has 0 N–H and O–H groups in total. The van der Waals surface area contributed by atoms with E-state index in [2.05, 4.69) is 0 Å². The third kappa shape index (κ3) is 3.89. The highest BCUT2D eigenvalue weighted by Crippen LogP contribution is 2.31. The first-order chi connectivity index (χ1) is 13.0. The summed E-state index contributed by atoms with van der Waals surface area (Å²) in [7, 11) is 2.82. The van der Waals surface area contributed by atoms with Crippen LogP contribution >= 0.6 is 0 Å². The maximum absolute atomic E-state index is 12.9. The van der Waals surface area contributed by atoms with E-state index in [0.717, 1.165) is 24.1 Å². The van der Waals surface area contributed by atoms with Gasteiger partial charge in [0.15, 0.2) is 6.61 Å². The molecule has 0 aromatic heterocycles. The number of carbonyl (C=O) groups is 2. The van der Waals surface area contributed by atoms with Crippen molar-refractivity contribution in [3.8, 4) is 11.5 Å². The van der Waals surface area contributed by atoms with Crippen molar-refractivity contribution in [3.63, 3.8) is 0 Å². The lowest BCUT2D eigenvalue weighted by atomic mass is 9.96.